The number of fused-ring (bicyclic) bond motifs is 1. The van der Waals surface area contributed by atoms with Gasteiger partial charge in [-0.15, -0.1) is 0 Å². The molecule has 1 amide bonds. The minimum Gasteiger partial charge on any atom is -0.437 e. The first-order chi connectivity index (χ1) is 12.9. The summed E-state index contributed by atoms with van der Waals surface area (Å²) in [6.45, 7) is 2.53. The second-order valence-electron chi connectivity index (χ2n) is 6.44. The first-order valence-corrected chi connectivity index (χ1v) is 9.39. The number of nitrogens with two attached hydrogens (primary N) is 1. The Kier molecular flexibility index (Phi) is 5.82. The first kappa shape index (κ1) is 19.4. The summed E-state index contributed by atoms with van der Waals surface area (Å²) in [5.41, 5.74) is 10.1. The number of benzene rings is 2. The average Bonchev–Trinajstić information content (AvgIpc) is 3.07. The zero-order valence-corrected chi connectivity index (χ0v) is 16.8. The van der Waals surface area contributed by atoms with Gasteiger partial charge in [0, 0.05) is 16.7 Å². The van der Waals surface area contributed by atoms with Crippen LogP contribution in [0.15, 0.2) is 40.9 Å². The number of methoxy groups -OCH3 is 1. The minimum atomic E-state index is -0.784. The number of amides is 1. The van der Waals surface area contributed by atoms with Gasteiger partial charge in [0.2, 0.25) is 5.91 Å². The number of rotatable bonds is 4. The molecule has 0 aromatic heterocycles. The molecule has 3 rings (SSSR count). The molecule has 0 spiro atoms. The molecule has 7 heteroatoms. The Bertz CT molecular complexity index is 861. The van der Waals surface area contributed by atoms with E-state index in [-0.39, 0.29) is 5.91 Å². The largest absolute Gasteiger partial charge is 0.513 e. The van der Waals surface area contributed by atoms with Crippen molar-refractivity contribution in [1.29, 1.82) is 0 Å². The molecular weight excluding hydrogens is 412 g/mol. The molecule has 0 unspecified atom stereocenters. The van der Waals surface area contributed by atoms with Crippen LogP contribution in [0.2, 0.25) is 0 Å². The van der Waals surface area contributed by atoms with Crippen molar-refractivity contribution in [3.05, 3.63) is 57.6 Å². The summed E-state index contributed by atoms with van der Waals surface area (Å²) >= 11 is 3.48. The lowest BCUT2D eigenvalue weighted by atomic mass is 10.0. The number of aryl methyl sites for hydroxylation is 1. The van der Waals surface area contributed by atoms with E-state index in [1.807, 2.05) is 31.2 Å². The summed E-state index contributed by atoms with van der Waals surface area (Å²) in [5, 5.41) is 0. The van der Waals surface area contributed by atoms with Gasteiger partial charge in [-0.3, -0.25) is 4.79 Å². The Labute approximate surface area is 166 Å². The van der Waals surface area contributed by atoms with E-state index in [4.69, 9.17) is 10.5 Å². The Balaban J connectivity index is 1.75. The predicted molar refractivity (Wildman–Crippen MR) is 106 cm³/mol. The van der Waals surface area contributed by atoms with Crippen molar-refractivity contribution in [3.8, 4) is 5.75 Å². The van der Waals surface area contributed by atoms with Gasteiger partial charge in [-0.1, -0.05) is 34.1 Å². The molecule has 0 aliphatic carbocycles. The van der Waals surface area contributed by atoms with Gasteiger partial charge in [-0.05, 0) is 54.7 Å². The van der Waals surface area contributed by atoms with Gasteiger partial charge >= 0.3 is 6.16 Å². The zero-order valence-electron chi connectivity index (χ0n) is 15.2. The molecule has 0 saturated carbocycles. The topological polar surface area (TPSA) is 81.9 Å². The van der Waals surface area contributed by atoms with Crippen molar-refractivity contribution in [3.63, 3.8) is 0 Å². The third kappa shape index (κ3) is 4.14. The van der Waals surface area contributed by atoms with Crippen LogP contribution >= 0.6 is 15.9 Å². The van der Waals surface area contributed by atoms with Gasteiger partial charge in [-0.25, -0.2) is 4.79 Å². The molecule has 0 fully saturated rings. The van der Waals surface area contributed by atoms with Gasteiger partial charge in [0.25, 0.3) is 0 Å². The minimum absolute atomic E-state index is 0.0962. The molecule has 1 atom stereocenters. The van der Waals surface area contributed by atoms with E-state index in [1.165, 1.54) is 12.7 Å². The molecule has 0 bridgehead atoms. The highest BCUT2D eigenvalue weighted by Gasteiger charge is 2.28. The zero-order chi connectivity index (χ0) is 19.6. The highest BCUT2D eigenvalue weighted by atomic mass is 79.9. The molecular formula is C20H21BrN2O4. The van der Waals surface area contributed by atoms with Crippen molar-refractivity contribution in [2.75, 3.05) is 18.6 Å². The number of carbonyl (C=O) groups is 2. The number of halogens is 1. The standard InChI is InChI=1S/C20H21BrN2O4/c1-12-9-14(27-20(25)26-2)10-16(21)15(12)11-17(22)19(24)23-8-7-13-5-3-4-6-18(13)23/h3-6,9-10,17H,7-8,11,22H2,1-2H3/t17-/m1/s1. The molecule has 1 aliphatic heterocycles. The van der Waals surface area contributed by atoms with Gasteiger partial charge in [0.05, 0.1) is 13.2 Å². The maximum atomic E-state index is 12.9. The number of anilines is 1. The fourth-order valence-corrected chi connectivity index (χ4v) is 3.97. The van der Waals surface area contributed by atoms with E-state index < -0.39 is 12.2 Å². The van der Waals surface area contributed by atoms with E-state index in [2.05, 4.69) is 20.7 Å². The van der Waals surface area contributed by atoms with Crippen LogP contribution in [-0.4, -0.2) is 31.8 Å². The summed E-state index contributed by atoms with van der Waals surface area (Å²) in [6, 6.07) is 10.6. The SMILES string of the molecule is COC(=O)Oc1cc(C)c(C[C@@H](N)C(=O)N2CCc3ccccc32)c(Br)c1. The Morgan fingerprint density at radius 2 is 2.04 bits per heavy atom. The predicted octanol–water partition coefficient (Wildman–Crippen LogP) is 3.36. The second kappa shape index (κ2) is 8.10. The van der Waals surface area contributed by atoms with Crippen LogP contribution in [0.4, 0.5) is 10.5 Å². The maximum Gasteiger partial charge on any atom is 0.513 e. The number of hydrogen-bond acceptors (Lipinski definition) is 5. The van der Waals surface area contributed by atoms with Crippen molar-refractivity contribution in [1.82, 2.24) is 0 Å². The lowest BCUT2D eigenvalue weighted by molar-refractivity contribution is -0.119. The Morgan fingerprint density at radius 3 is 2.74 bits per heavy atom. The van der Waals surface area contributed by atoms with Gasteiger partial charge in [-0.2, -0.15) is 0 Å². The molecule has 2 N–H and O–H groups in total. The Morgan fingerprint density at radius 1 is 1.30 bits per heavy atom. The van der Waals surface area contributed by atoms with E-state index in [0.717, 1.165) is 27.7 Å². The highest BCUT2D eigenvalue weighted by molar-refractivity contribution is 9.10. The van der Waals surface area contributed by atoms with Crippen molar-refractivity contribution < 1.29 is 19.1 Å². The van der Waals surface area contributed by atoms with E-state index in [9.17, 15) is 9.59 Å². The smallest absolute Gasteiger partial charge is 0.437 e. The van der Waals surface area contributed by atoms with E-state index in [1.54, 1.807) is 17.0 Å². The summed E-state index contributed by atoms with van der Waals surface area (Å²) < 4.78 is 10.3. The third-order valence-corrected chi connectivity index (χ3v) is 5.36. The van der Waals surface area contributed by atoms with Crippen LogP contribution in [0.1, 0.15) is 16.7 Å². The van der Waals surface area contributed by atoms with Gasteiger partial charge in [0.15, 0.2) is 0 Å². The molecule has 2 aromatic carbocycles. The van der Waals surface area contributed by atoms with Crippen molar-refractivity contribution >= 4 is 33.7 Å². The monoisotopic (exact) mass is 432 g/mol. The molecule has 142 valence electrons. The molecule has 0 radical (unpaired) electrons. The molecule has 27 heavy (non-hydrogen) atoms. The summed E-state index contributed by atoms with van der Waals surface area (Å²) in [4.78, 5) is 25.9. The summed E-state index contributed by atoms with van der Waals surface area (Å²) in [5.74, 6) is 0.268. The number of hydrogen-bond donors (Lipinski definition) is 1. The number of carbonyl (C=O) groups excluding carboxylic acids is 2. The maximum absolute atomic E-state index is 12.9. The lowest BCUT2D eigenvalue weighted by Crippen LogP contribution is -2.44. The molecule has 6 nitrogen and oxygen atoms in total. The van der Waals surface area contributed by atoms with Crippen LogP contribution in [-0.2, 0) is 22.4 Å². The van der Waals surface area contributed by atoms with Crippen LogP contribution in [0.3, 0.4) is 0 Å². The van der Waals surface area contributed by atoms with Crippen LogP contribution in [0.25, 0.3) is 0 Å². The fraction of sp³-hybridized carbons (Fsp3) is 0.300. The van der Waals surface area contributed by atoms with Crippen LogP contribution < -0.4 is 15.4 Å². The molecule has 0 saturated heterocycles. The summed E-state index contributed by atoms with van der Waals surface area (Å²) in [7, 11) is 1.25. The second-order valence-corrected chi connectivity index (χ2v) is 7.29. The van der Waals surface area contributed by atoms with Gasteiger partial charge < -0.3 is 20.1 Å². The van der Waals surface area contributed by atoms with E-state index >= 15 is 0 Å². The quantitative estimate of drug-likeness (QED) is 0.591. The molecule has 2 aromatic rings. The normalized spacial score (nSPS) is 13.9. The Hall–Kier alpha value is -2.38. The average molecular weight is 433 g/mol. The number of para-hydroxylation sites is 1. The fourth-order valence-electron chi connectivity index (χ4n) is 3.27. The number of ether oxygens (including phenoxy) is 2. The molecule has 1 heterocycles. The highest BCUT2D eigenvalue weighted by Crippen LogP contribution is 2.30. The summed E-state index contributed by atoms with van der Waals surface area (Å²) in [6.07, 6.45) is 0.438. The van der Waals surface area contributed by atoms with Crippen molar-refractivity contribution in [2.24, 2.45) is 5.73 Å². The number of nitrogens with zero attached hydrogens (tertiary/aromatic N) is 1. The first-order valence-electron chi connectivity index (χ1n) is 8.60. The van der Waals surface area contributed by atoms with E-state index in [0.29, 0.717) is 18.7 Å². The van der Waals surface area contributed by atoms with Gasteiger partial charge in [0.1, 0.15) is 5.75 Å². The van der Waals surface area contributed by atoms with Crippen LogP contribution in [0.5, 0.6) is 5.75 Å². The van der Waals surface area contributed by atoms with Crippen LogP contribution in [0, 0.1) is 6.92 Å². The van der Waals surface area contributed by atoms with Crippen molar-refractivity contribution in [2.45, 2.75) is 25.8 Å². The third-order valence-electron chi connectivity index (χ3n) is 4.65. The molecule has 1 aliphatic rings. The lowest BCUT2D eigenvalue weighted by Gasteiger charge is -2.22.